The number of benzene rings is 1. The number of carbonyl (C=O) groups excluding carboxylic acids is 1. The van der Waals surface area contributed by atoms with Gasteiger partial charge in [0.2, 0.25) is 0 Å². The lowest BCUT2D eigenvalue weighted by molar-refractivity contribution is -0.384. The van der Waals surface area contributed by atoms with Crippen molar-refractivity contribution in [1.82, 2.24) is 15.5 Å². The van der Waals surface area contributed by atoms with Crippen LogP contribution in [0.25, 0.3) is 0 Å². The molecular weight excluding hydrogens is 260 g/mol. The molecule has 0 saturated heterocycles. The summed E-state index contributed by atoms with van der Waals surface area (Å²) in [6.45, 7) is 2.24. The van der Waals surface area contributed by atoms with Gasteiger partial charge in [-0.05, 0) is 18.9 Å². The lowest BCUT2D eigenvalue weighted by atomic mass is 10.1. The lowest BCUT2D eigenvalue weighted by Crippen LogP contribution is -2.25. The quantitative estimate of drug-likeness (QED) is 0.638. The van der Waals surface area contributed by atoms with Gasteiger partial charge in [-0.15, -0.1) is 0 Å². The highest BCUT2D eigenvalue weighted by Gasteiger charge is 2.10. The van der Waals surface area contributed by atoms with E-state index in [1.54, 1.807) is 19.1 Å². The zero-order valence-electron chi connectivity index (χ0n) is 10.9. The lowest BCUT2D eigenvalue weighted by Gasteiger charge is -2.04. The van der Waals surface area contributed by atoms with E-state index in [1.807, 2.05) is 0 Å². The number of amides is 1. The Morgan fingerprint density at radius 3 is 2.65 bits per heavy atom. The van der Waals surface area contributed by atoms with Crippen molar-refractivity contribution in [3.05, 3.63) is 57.4 Å². The summed E-state index contributed by atoms with van der Waals surface area (Å²) in [6.07, 6.45) is 2.09. The number of nitrogens with one attached hydrogen (secondary N) is 2. The molecule has 0 aliphatic carbocycles. The van der Waals surface area contributed by atoms with E-state index in [0.717, 1.165) is 11.3 Å². The number of nitrogens with zero attached hydrogens (tertiary/aromatic N) is 2. The fraction of sp³-hybridized carbons (Fsp3) is 0.231. The summed E-state index contributed by atoms with van der Waals surface area (Å²) in [5.41, 5.74) is 2.23. The molecule has 0 radical (unpaired) electrons. The number of nitro benzene ring substituents is 1. The van der Waals surface area contributed by atoms with E-state index in [-0.39, 0.29) is 11.6 Å². The number of rotatable bonds is 5. The first-order chi connectivity index (χ1) is 9.58. The molecule has 2 aromatic rings. The van der Waals surface area contributed by atoms with Crippen LogP contribution in [0.2, 0.25) is 0 Å². The van der Waals surface area contributed by atoms with Crippen LogP contribution < -0.4 is 5.32 Å². The van der Waals surface area contributed by atoms with Gasteiger partial charge < -0.3 is 5.32 Å². The fourth-order valence-corrected chi connectivity index (χ4v) is 1.78. The third kappa shape index (κ3) is 3.19. The first-order valence-corrected chi connectivity index (χ1v) is 6.09. The highest BCUT2D eigenvalue weighted by Crippen LogP contribution is 2.12. The van der Waals surface area contributed by atoms with Crippen LogP contribution in [0.4, 0.5) is 5.69 Å². The zero-order chi connectivity index (χ0) is 14.5. The monoisotopic (exact) mass is 274 g/mol. The van der Waals surface area contributed by atoms with Crippen molar-refractivity contribution in [2.24, 2.45) is 0 Å². The minimum absolute atomic E-state index is 0.0619. The van der Waals surface area contributed by atoms with Gasteiger partial charge >= 0.3 is 0 Å². The van der Waals surface area contributed by atoms with Gasteiger partial charge in [-0.1, -0.05) is 12.1 Å². The van der Waals surface area contributed by atoms with Crippen molar-refractivity contribution in [2.75, 3.05) is 6.54 Å². The summed E-state index contributed by atoms with van der Waals surface area (Å²) in [7, 11) is 0. The maximum absolute atomic E-state index is 11.8. The van der Waals surface area contributed by atoms with Gasteiger partial charge in [-0.2, -0.15) is 5.10 Å². The fourth-order valence-electron chi connectivity index (χ4n) is 1.78. The van der Waals surface area contributed by atoms with Crippen LogP contribution in [-0.2, 0) is 6.42 Å². The smallest absolute Gasteiger partial charge is 0.269 e. The number of aromatic nitrogens is 2. The normalized spacial score (nSPS) is 10.2. The Hall–Kier alpha value is -2.70. The molecule has 0 unspecified atom stereocenters. The Labute approximate surface area is 115 Å². The van der Waals surface area contributed by atoms with E-state index in [0.29, 0.717) is 18.5 Å². The molecule has 20 heavy (non-hydrogen) atoms. The molecule has 0 bridgehead atoms. The van der Waals surface area contributed by atoms with Crippen molar-refractivity contribution in [1.29, 1.82) is 0 Å². The third-order valence-electron chi connectivity index (χ3n) is 2.92. The minimum Gasteiger partial charge on any atom is -0.352 e. The second kappa shape index (κ2) is 5.96. The van der Waals surface area contributed by atoms with Crippen molar-refractivity contribution in [3.63, 3.8) is 0 Å². The van der Waals surface area contributed by atoms with Gasteiger partial charge in [-0.25, -0.2) is 0 Å². The summed E-state index contributed by atoms with van der Waals surface area (Å²) in [5.74, 6) is -0.182. The van der Waals surface area contributed by atoms with E-state index >= 15 is 0 Å². The molecule has 0 aliphatic heterocycles. The number of H-pyrrole nitrogens is 1. The molecule has 1 amide bonds. The van der Waals surface area contributed by atoms with E-state index in [9.17, 15) is 14.9 Å². The number of hydrogen-bond acceptors (Lipinski definition) is 4. The van der Waals surface area contributed by atoms with Gasteiger partial charge in [0.15, 0.2) is 0 Å². The molecule has 0 spiro atoms. The van der Waals surface area contributed by atoms with Crippen molar-refractivity contribution < 1.29 is 9.72 Å². The average molecular weight is 274 g/mol. The third-order valence-corrected chi connectivity index (χ3v) is 2.92. The van der Waals surface area contributed by atoms with Crippen LogP contribution >= 0.6 is 0 Å². The standard InChI is InChI=1S/C13H14N4O3/c1-9-12(8-15-16-9)13(18)14-7-6-10-2-4-11(5-3-10)17(19)20/h2-5,8H,6-7H2,1H3,(H,14,18)(H,15,16). The maximum Gasteiger partial charge on any atom is 0.269 e. The Bertz CT molecular complexity index is 619. The first-order valence-electron chi connectivity index (χ1n) is 6.09. The number of non-ortho nitro benzene ring substituents is 1. The van der Waals surface area contributed by atoms with Crippen LogP contribution in [0.15, 0.2) is 30.5 Å². The summed E-state index contributed by atoms with van der Waals surface area (Å²) >= 11 is 0. The van der Waals surface area contributed by atoms with Crippen LogP contribution in [0.5, 0.6) is 0 Å². The predicted octanol–water partition coefficient (Wildman–Crippen LogP) is 1.60. The molecule has 7 nitrogen and oxygen atoms in total. The molecule has 1 heterocycles. The number of aromatic amines is 1. The van der Waals surface area contributed by atoms with Gasteiger partial charge in [-0.3, -0.25) is 20.0 Å². The topological polar surface area (TPSA) is 101 Å². The Morgan fingerprint density at radius 2 is 2.10 bits per heavy atom. The number of nitro groups is 1. The average Bonchev–Trinajstić information content (AvgIpc) is 2.85. The molecule has 1 aromatic heterocycles. The Kier molecular flexibility index (Phi) is 4.09. The van der Waals surface area contributed by atoms with E-state index in [4.69, 9.17) is 0 Å². The number of hydrogen-bond donors (Lipinski definition) is 2. The minimum atomic E-state index is -0.437. The molecule has 104 valence electrons. The molecule has 2 rings (SSSR count). The van der Waals surface area contributed by atoms with Crippen molar-refractivity contribution in [3.8, 4) is 0 Å². The summed E-state index contributed by atoms with van der Waals surface area (Å²) < 4.78 is 0. The Morgan fingerprint density at radius 1 is 1.40 bits per heavy atom. The zero-order valence-corrected chi connectivity index (χ0v) is 10.9. The molecule has 0 aliphatic rings. The van der Waals surface area contributed by atoms with Crippen molar-refractivity contribution >= 4 is 11.6 Å². The molecule has 0 atom stereocenters. The molecular formula is C13H14N4O3. The Balaban J connectivity index is 1.85. The number of carbonyl (C=O) groups is 1. The van der Waals surface area contributed by atoms with E-state index in [2.05, 4.69) is 15.5 Å². The second-order valence-electron chi connectivity index (χ2n) is 4.34. The van der Waals surface area contributed by atoms with Crippen molar-refractivity contribution in [2.45, 2.75) is 13.3 Å². The summed E-state index contributed by atoms with van der Waals surface area (Å²) in [6, 6.07) is 6.29. The number of aryl methyl sites for hydroxylation is 1. The van der Waals surface area contributed by atoms with Gasteiger partial charge in [0.25, 0.3) is 11.6 Å². The highest BCUT2D eigenvalue weighted by molar-refractivity contribution is 5.94. The van der Waals surface area contributed by atoms with Gasteiger partial charge in [0.1, 0.15) is 0 Å². The second-order valence-corrected chi connectivity index (χ2v) is 4.34. The first kappa shape index (κ1) is 13.7. The molecule has 2 N–H and O–H groups in total. The molecule has 0 fully saturated rings. The SMILES string of the molecule is Cc1[nH]ncc1C(=O)NCCc1ccc([N+](=O)[O-])cc1. The van der Waals surface area contributed by atoms with Crippen LogP contribution in [0.1, 0.15) is 21.6 Å². The van der Waals surface area contributed by atoms with Crippen LogP contribution in [0.3, 0.4) is 0 Å². The largest absolute Gasteiger partial charge is 0.352 e. The summed E-state index contributed by atoms with van der Waals surface area (Å²) in [4.78, 5) is 21.9. The van der Waals surface area contributed by atoms with Gasteiger partial charge in [0, 0.05) is 24.4 Å². The molecule has 7 heteroatoms. The van der Waals surface area contributed by atoms with Crippen LogP contribution in [-0.4, -0.2) is 27.6 Å². The highest BCUT2D eigenvalue weighted by atomic mass is 16.6. The summed E-state index contributed by atoms with van der Waals surface area (Å²) in [5, 5.41) is 19.8. The molecule has 1 aromatic carbocycles. The van der Waals surface area contributed by atoms with E-state index in [1.165, 1.54) is 18.3 Å². The van der Waals surface area contributed by atoms with Gasteiger partial charge in [0.05, 0.1) is 16.7 Å². The van der Waals surface area contributed by atoms with Crippen LogP contribution in [0, 0.1) is 17.0 Å². The molecule has 0 saturated carbocycles. The van der Waals surface area contributed by atoms with E-state index < -0.39 is 4.92 Å². The maximum atomic E-state index is 11.8. The predicted molar refractivity (Wildman–Crippen MR) is 72.5 cm³/mol.